The van der Waals surface area contributed by atoms with Gasteiger partial charge in [-0.25, -0.2) is 0 Å². The molecule has 0 aliphatic carbocycles. The minimum atomic E-state index is -4.65. The molecule has 2 aromatic heterocycles. The summed E-state index contributed by atoms with van der Waals surface area (Å²) in [6.45, 7) is 2.73. The Hall–Kier alpha value is -3.70. The lowest BCUT2D eigenvalue weighted by molar-refractivity contribution is -0.146. The van der Waals surface area contributed by atoms with Crippen LogP contribution in [0.15, 0.2) is 36.4 Å². The number of hydrogen-bond acceptors (Lipinski definition) is 6. The second-order valence-corrected chi connectivity index (χ2v) is 7.84. The molecule has 3 aromatic rings. The predicted molar refractivity (Wildman–Crippen MR) is 113 cm³/mol. The van der Waals surface area contributed by atoms with E-state index in [2.05, 4.69) is 25.9 Å². The highest BCUT2D eigenvalue weighted by Crippen LogP contribution is 2.28. The van der Waals surface area contributed by atoms with E-state index in [-0.39, 0.29) is 23.4 Å². The van der Waals surface area contributed by atoms with Crippen molar-refractivity contribution in [2.24, 2.45) is 5.92 Å². The quantitative estimate of drug-likeness (QED) is 0.606. The maximum absolute atomic E-state index is 13.1. The maximum atomic E-state index is 13.1. The summed E-state index contributed by atoms with van der Waals surface area (Å²) >= 11 is 0. The van der Waals surface area contributed by atoms with Gasteiger partial charge in [-0.3, -0.25) is 9.59 Å². The fourth-order valence-electron chi connectivity index (χ4n) is 3.79. The second kappa shape index (κ2) is 9.04. The fourth-order valence-corrected chi connectivity index (χ4v) is 3.79. The third-order valence-corrected chi connectivity index (χ3v) is 5.41. The number of benzene rings is 1. The molecule has 0 saturated carbocycles. The molecule has 3 heterocycles. The van der Waals surface area contributed by atoms with Crippen LogP contribution >= 0.6 is 0 Å². The number of carbonyl (C=O) groups is 2. The van der Waals surface area contributed by atoms with Crippen molar-refractivity contribution in [1.82, 2.24) is 25.1 Å². The van der Waals surface area contributed by atoms with Crippen LogP contribution in [0.25, 0.3) is 5.65 Å². The number of fused-ring (bicyclic) bond motifs is 1. The summed E-state index contributed by atoms with van der Waals surface area (Å²) in [5.74, 6) is -1.25. The largest absolute Gasteiger partial charge is 0.453 e. The van der Waals surface area contributed by atoms with Gasteiger partial charge in [0.15, 0.2) is 5.65 Å². The van der Waals surface area contributed by atoms with Crippen LogP contribution in [0, 0.1) is 5.92 Å². The number of anilines is 2. The van der Waals surface area contributed by atoms with Gasteiger partial charge in [0.05, 0.1) is 0 Å². The minimum Gasteiger partial charge on any atom is -0.355 e. The van der Waals surface area contributed by atoms with Crippen LogP contribution in [-0.4, -0.2) is 44.7 Å². The Kier molecular flexibility index (Phi) is 6.16. The van der Waals surface area contributed by atoms with Gasteiger partial charge in [-0.15, -0.1) is 15.3 Å². The smallest absolute Gasteiger partial charge is 0.355 e. The molecule has 0 atom stereocenters. The number of alkyl halides is 3. The molecule has 2 N–H and O–H groups in total. The normalized spacial score (nSPS) is 15.0. The predicted octanol–water partition coefficient (Wildman–Crippen LogP) is 2.63. The van der Waals surface area contributed by atoms with Gasteiger partial charge in [0.1, 0.15) is 5.82 Å². The molecule has 2 amide bonds. The highest BCUT2D eigenvalue weighted by atomic mass is 19.4. The summed E-state index contributed by atoms with van der Waals surface area (Å²) in [6, 6.07) is 10.3. The number of carbonyl (C=O) groups excluding carboxylic acids is 2. The van der Waals surface area contributed by atoms with Crippen molar-refractivity contribution in [3.8, 4) is 0 Å². The van der Waals surface area contributed by atoms with Gasteiger partial charge in [-0.1, -0.05) is 12.1 Å². The Balaban J connectivity index is 1.34. The first-order chi connectivity index (χ1) is 15.7. The van der Waals surface area contributed by atoms with Crippen LogP contribution in [0.5, 0.6) is 0 Å². The molecule has 174 valence electrons. The highest BCUT2D eigenvalue weighted by Gasteiger charge is 2.38. The summed E-state index contributed by atoms with van der Waals surface area (Å²) in [7, 11) is 0. The first kappa shape index (κ1) is 22.5. The molecule has 33 heavy (non-hydrogen) atoms. The number of piperidine rings is 1. The molecule has 1 aliphatic rings. The average Bonchev–Trinajstić information content (AvgIpc) is 3.21. The topological polar surface area (TPSA) is 105 Å². The van der Waals surface area contributed by atoms with E-state index in [0.29, 0.717) is 48.5 Å². The van der Waals surface area contributed by atoms with Gasteiger partial charge in [0.2, 0.25) is 11.8 Å². The zero-order valence-corrected chi connectivity index (χ0v) is 17.8. The van der Waals surface area contributed by atoms with Crippen molar-refractivity contribution >= 4 is 29.0 Å². The van der Waals surface area contributed by atoms with E-state index in [1.54, 1.807) is 24.3 Å². The van der Waals surface area contributed by atoms with E-state index in [9.17, 15) is 22.8 Å². The van der Waals surface area contributed by atoms with Gasteiger partial charge < -0.3 is 15.5 Å². The summed E-state index contributed by atoms with van der Waals surface area (Å²) in [4.78, 5) is 25.6. The number of amides is 2. The average molecular weight is 461 g/mol. The Labute approximate surface area is 187 Å². The fraction of sp³-hybridized carbons (Fsp3) is 0.381. The van der Waals surface area contributed by atoms with E-state index in [4.69, 9.17) is 0 Å². The SMILES string of the molecule is CC(=O)Nc1cccc(CNC(=O)C2CCN(c3ccc4nnc(C(F)(F)F)n4n3)CC2)c1. The molecule has 1 aliphatic heterocycles. The van der Waals surface area contributed by atoms with Crippen molar-refractivity contribution < 1.29 is 22.8 Å². The van der Waals surface area contributed by atoms with E-state index in [1.165, 1.54) is 13.0 Å². The Bertz CT molecular complexity index is 1170. The molecule has 4 rings (SSSR count). The molecular formula is C21H22F3N7O2. The van der Waals surface area contributed by atoms with E-state index in [1.807, 2.05) is 11.0 Å². The Morgan fingerprint density at radius 1 is 1.12 bits per heavy atom. The van der Waals surface area contributed by atoms with Crippen molar-refractivity contribution in [2.45, 2.75) is 32.5 Å². The molecule has 9 nitrogen and oxygen atoms in total. The maximum Gasteiger partial charge on any atom is 0.453 e. The molecule has 0 radical (unpaired) electrons. The van der Waals surface area contributed by atoms with Crippen LogP contribution in [0.3, 0.4) is 0 Å². The van der Waals surface area contributed by atoms with Gasteiger partial charge >= 0.3 is 6.18 Å². The third kappa shape index (κ3) is 5.21. The lowest BCUT2D eigenvalue weighted by Crippen LogP contribution is -2.40. The summed E-state index contributed by atoms with van der Waals surface area (Å²) in [6.07, 6.45) is -3.56. The first-order valence-corrected chi connectivity index (χ1v) is 10.4. The molecular weight excluding hydrogens is 439 g/mol. The van der Waals surface area contributed by atoms with E-state index in [0.717, 1.165) is 5.56 Å². The van der Waals surface area contributed by atoms with E-state index < -0.39 is 12.0 Å². The Morgan fingerprint density at radius 2 is 1.88 bits per heavy atom. The van der Waals surface area contributed by atoms with Crippen LogP contribution in [0.2, 0.25) is 0 Å². The van der Waals surface area contributed by atoms with Crippen molar-refractivity contribution in [2.75, 3.05) is 23.3 Å². The van der Waals surface area contributed by atoms with Gasteiger partial charge in [-0.05, 0) is 42.7 Å². The second-order valence-electron chi connectivity index (χ2n) is 7.84. The van der Waals surface area contributed by atoms with Crippen LogP contribution in [-0.2, 0) is 22.3 Å². The molecule has 0 spiro atoms. The first-order valence-electron chi connectivity index (χ1n) is 10.4. The molecule has 0 unspecified atom stereocenters. The van der Waals surface area contributed by atoms with Gasteiger partial charge in [-0.2, -0.15) is 17.7 Å². The van der Waals surface area contributed by atoms with Crippen LogP contribution in [0.1, 0.15) is 31.2 Å². The molecule has 12 heteroatoms. The van der Waals surface area contributed by atoms with Crippen molar-refractivity contribution in [3.63, 3.8) is 0 Å². The number of nitrogens with zero attached hydrogens (tertiary/aromatic N) is 5. The monoisotopic (exact) mass is 461 g/mol. The zero-order valence-electron chi connectivity index (χ0n) is 17.8. The van der Waals surface area contributed by atoms with Crippen molar-refractivity contribution in [3.05, 3.63) is 47.8 Å². The van der Waals surface area contributed by atoms with Crippen LogP contribution < -0.4 is 15.5 Å². The summed E-state index contributed by atoms with van der Waals surface area (Å²) < 4.78 is 40.0. The minimum absolute atomic E-state index is 0.0166. The molecule has 1 fully saturated rings. The lowest BCUT2D eigenvalue weighted by Gasteiger charge is -2.32. The molecule has 0 bridgehead atoms. The number of aromatic nitrogens is 4. The number of rotatable bonds is 5. The number of hydrogen-bond donors (Lipinski definition) is 2. The number of nitrogens with one attached hydrogen (secondary N) is 2. The standard InChI is InChI=1S/C21H22F3N7O2/c1-13(32)26-16-4-2-3-14(11-16)12-25-19(33)15-7-9-30(10-8-15)18-6-5-17-27-28-20(21(22,23)24)31(17)29-18/h2-6,11,15H,7-10,12H2,1H3,(H,25,33)(H,26,32). The highest BCUT2D eigenvalue weighted by molar-refractivity contribution is 5.88. The molecule has 1 saturated heterocycles. The van der Waals surface area contributed by atoms with Crippen molar-refractivity contribution in [1.29, 1.82) is 0 Å². The third-order valence-electron chi connectivity index (χ3n) is 5.41. The lowest BCUT2D eigenvalue weighted by atomic mass is 9.96. The van der Waals surface area contributed by atoms with Gasteiger partial charge in [0.25, 0.3) is 5.82 Å². The summed E-state index contributed by atoms with van der Waals surface area (Å²) in [5, 5.41) is 16.4. The van der Waals surface area contributed by atoms with Gasteiger partial charge in [0, 0.05) is 38.2 Å². The molecule has 1 aromatic carbocycles. The summed E-state index contributed by atoms with van der Waals surface area (Å²) in [5.41, 5.74) is 1.54. The Morgan fingerprint density at radius 3 is 2.58 bits per heavy atom. The number of halogens is 3. The zero-order chi connectivity index (χ0) is 23.6. The van der Waals surface area contributed by atoms with E-state index >= 15 is 0 Å². The van der Waals surface area contributed by atoms with Crippen LogP contribution in [0.4, 0.5) is 24.7 Å².